The molecule has 3 aromatic rings. The predicted octanol–water partition coefficient (Wildman–Crippen LogP) is 3.80. The average molecular weight is 414 g/mol. The maximum absolute atomic E-state index is 12.7. The summed E-state index contributed by atoms with van der Waals surface area (Å²) in [5.74, 6) is -1.17. The number of amides is 1. The number of carboxylic acids is 1. The number of phenolic OH excluding ortho intramolecular Hbond substituents is 1. The third-order valence-electron chi connectivity index (χ3n) is 4.41. The van der Waals surface area contributed by atoms with Crippen molar-refractivity contribution in [3.63, 3.8) is 0 Å². The van der Waals surface area contributed by atoms with Crippen molar-refractivity contribution >= 4 is 23.5 Å². The summed E-state index contributed by atoms with van der Waals surface area (Å²) >= 11 is 6.36. The Morgan fingerprint density at radius 2 is 1.83 bits per heavy atom. The van der Waals surface area contributed by atoms with Crippen molar-refractivity contribution in [2.24, 2.45) is 0 Å². The smallest absolute Gasteiger partial charge is 0.303 e. The number of hydrogen-bond donors (Lipinski definition) is 3. The van der Waals surface area contributed by atoms with Gasteiger partial charge in [-0.3, -0.25) is 9.59 Å². The zero-order chi connectivity index (χ0) is 21.0. The fraction of sp³-hybridized carbons (Fsp3) is 0.190. The second kappa shape index (κ2) is 8.79. The highest BCUT2D eigenvalue weighted by atomic mass is 35.5. The SMILES string of the molecule is Cc1c(C(=O)NCCCC(=O)O)nn(-c2ccccc2Cl)c1-c1ccc(O)cc1. The third-order valence-corrected chi connectivity index (χ3v) is 4.73. The Morgan fingerprint density at radius 3 is 2.48 bits per heavy atom. The minimum Gasteiger partial charge on any atom is -0.508 e. The van der Waals surface area contributed by atoms with E-state index in [1.807, 2.05) is 6.07 Å². The molecule has 0 radical (unpaired) electrons. The normalized spacial score (nSPS) is 10.7. The van der Waals surface area contributed by atoms with Gasteiger partial charge in [0.1, 0.15) is 5.75 Å². The molecule has 0 unspecified atom stereocenters. The van der Waals surface area contributed by atoms with E-state index in [2.05, 4.69) is 10.4 Å². The van der Waals surface area contributed by atoms with Crippen LogP contribution in [0, 0.1) is 6.92 Å². The number of halogens is 1. The van der Waals surface area contributed by atoms with E-state index >= 15 is 0 Å². The van der Waals surface area contributed by atoms with Gasteiger partial charge in [0.2, 0.25) is 0 Å². The Kier molecular flexibility index (Phi) is 6.19. The number of nitrogens with zero attached hydrogens (tertiary/aromatic N) is 2. The van der Waals surface area contributed by atoms with Crippen molar-refractivity contribution in [2.75, 3.05) is 6.54 Å². The molecule has 1 amide bonds. The summed E-state index contributed by atoms with van der Waals surface area (Å²) in [4.78, 5) is 23.3. The number of carbonyl (C=O) groups excluding carboxylic acids is 1. The zero-order valence-corrected chi connectivity index (χ0v) is 16.5. The molecule has 0 aliphatic heterocycles. The van der Waals surface area contributed by atoms with Crippen LogP contribution in [-0.4, -0.2) is 38.4 Å². The van der Waals surface area contributed by atoms with E-state index in [1.54, 1.807) is 54.1 Å². The molecule has 150 valence electrons. The van der Waals surface area contributed by atoms with Gasteiger partial charge in [-0.05, 0) is 49.7 Å². The zero-order valence-electron chi connectivity index (χ0n) is 15.7. The van der Waals surface area contributed by atoms with E-state index in [0.717, 1.165) is 5.56 Å². The number of aliphatic carboxylic acids is 1. The molecule has 0 saturated heterocycles. The first-order valence-corrected chi connectivity index (χ1v) is 9.40. The first-order chi connectivity index (χ1) is 13.9. The molecule has 8 heteroatoms. The van der Waals surface area contributed by atoms with E-state index in [-0.39, 0.29) is 24.4 Å². The van der Waals surface area contributed by atoms with Crippen LogP contribution in [0.4, 0.5) is 0 Å². The topological polar surface area (TPSA) is 104 Å². The van der Waals surface area contributed by atoms with Crippen LogP contribution in [0.5, 0.6) is 5.75 Å². The number of nitrogens with one attached hydrogen (secondary N) is 1. The summed E-state index contributed by atoms with van der Waals surface area (Å²) in [7, 11) is 0. The lowest BCUT2D eigenvalue weighted by atomic mass is 10.1. The first kappa shape index (κ1) is 20.4. The van der Waals surface area contributed by atoms with Gasteiger partial charge in [0, 0.05) is 24.1 Å². The number of phenols is 1. The van der Waals surface area contributed by atoms with Crippen LogP contribution < -0.4 is 5.32 Å². The molecule has 0 aliphatic rings. The second-order valence-electron chi connectivity index (χ2n) is 6.49. The molecule has 0 atom stereocenters. The van der Waals surface area contributed by atoms with E-state index in [4.69, 9.17) is 16.7 Å². The largest absolute Gasteiger partial charge is 0.508 e. The lowest BCUT2D eigenvalue weighted by Crippen LogP contribution is -2.26. The van der Waals surface area contributed by atoms with Gasteiger partial charge in [0.25, 0.3) is 5.91 Å². The van der Waals surface area contributed by atoms with Gasteiger partial charge in [-0.2, -0.15) is 5.10 Å². The molecule has 1 aromatic heterocycles. The van der Waals surface area contributed by atoms with Crippen LogP contribution in [0.3, 0.4) is 0 Å². The standard InChI is InChI=1S/C21H20ClN3O4/c1-13-19(21(29)23-12-4-7-18(27)28)24-25(17-6-3-2-5-16(17)22)20(13)14-8-10-15(26)11-9-14/h2-3,5-6,8-11,26H,4,7,12H2,1H3,(H,23,29)(H,27,28). The minimum absolute atomic E-state index is 0.0217. The summed E-state index contributed by atoms with van der Waals surface area (Å²) < 4.78 is 1.61. The Morgan fingerprint density at radius 1 is 1.14 bits per heavy atom. The Balaban J connectivity index is 2.02. The molecule has 0 aliphatic carbocycles. The molecule has 1 heterocycles. The number of hydrogen-bond acceptors (Lipinski definition) is 4. The van der Waals surface area contributed by atoms with E-state index < -0.39 is 11.9 Å². The van der Waals surface area contributed by atoms with Gasteiger partial charge >= 0.3 is 5.97 Å². The van der Waals surface area contributed by atoms with Gasteiger partial charge in [0.15, 0.2) is 5.69 Å². The molecule has 29 heavy (non-hydrogen) atoms. The van der Waals surface area contributed by atoms with Crippen LogP contribution in [0.2, 0.25) is 5.02 Å². The van der Waals surface area contributed by atoms with Gasteiger partial charge < -0.3 is 15.5 Å². The Bertz CT molecular complexity index is 1040. The number of benzene rings is 2. The number of aromatic nitrogens is 2. The van der Waals surface area contributed by atoms with Crippen LogP contribution in [-0.2, 0) is 4.79 Å². The molecule has 2 aromatic carbocycles. The summed E-state index contributed by atoms with van der Waals surface area (Å²) in [5.41, 5.74) is 2.92. The van der Waals surface area contributed by atoms with Crippen molar-refractivity contribution in [1.29, 1.82) is 0 Å². The fourth-order valence-electron chi connectivity index (χ4n) is 2.99. The van der Waals surface area contributed by atoms with Crippen LogP contribution in [0.1, 0.15) is 28.9 Å². The van der Waals surface area contributed by atoms with Crippen LogP contribution >= 0.6 is 11.6 Å². The summed E-state index contributed by atoms with van der Waals surface area (Å²) in [5, 5.41) is 26.0. The molecular formula is C21H20ClN3O4. The molecular weight excluding hydrogens is 394 g/mol. The van der Waals surface area contributed by atoms with Gasteiger partial charge in [0.05, 0.1) is 16.4 Å². The second-order valence-corrected chi connectivity index (χ2v) is 6.89. The number of rotatable bonds is 7. The molecule has 3 rings (SSSR count). The van der Waals surface area contributed by atoms with Gasteiger partial charge in [-0.15, -0.1) is 0 Å². The van der Waals surface area contributed by atoms with E-state index in [9.17, 15) is 14.7 Å². The van der Waals surface area contributed by atoms with Crippen molar-refractivity contribution in [3.8, 4) is 22.7 Å². The van der Waals surface area contributed by atoms with Crippen LogP contribution in [0.25, 0.3) is 16.9 Å². The van der Waals surface area contributed by atoms with E-state index in [0.29, 0.717) is 28.4 Å². The predicted molar refractivity (Wildman–Crippen MR) is 110 cm³/mol. The summed E-state index contributed by atoms with van der Waals surface area (Å²) in [6, 6.07) is 13.8. The fourth-order valence-corrected chi connectivity index (χ4v) is 3.21. The summed E-state index contributed by atoms with van der Waals surface area (Å²) in [6.07, 6.45) is 0.308. The molecule has 0 saturated carbocycles. The summed E-state index contributed by atoms with van der Waals surface area (Å²) in [6.45, 7) is 2.02. The monoisotopic (exact) mass is 413 g/mol. The highest BCUT2D eigenvalue weighted by Gasteiger charge is 2.22. The van der Waals surface area contributed by atoms with Crippen LogP contribution in [0.15, 0.2) is 48.5 Å². The minimum atomic E-state index is -0.909. The maximum atomic E-state index is 12.7. The van der Waals surface area contributed by atoms with Crippen molar-refractivity contribution < 1.29 is 19.8 Å². The molecule has 3 N–H and O–H groups in total. The van der Waals surface area contributed by atoms with Gasteiger partial charge in [-0.25, -0.2) is 4.68 Å². The number of aromatic hydroxyl groups is 1. The highest BCUT2D eigenvalue weighted by Crippen LogP contribution is 2.32. The quantitative estimate of drug-likeness (QED) is 0.511. The molecule has 0 bridgehead atoms. The Labute approximate surface area is 172 Å². The molecule has 0 fully saturated rings. The number of carboxylic acid groups (broad SMARTS) is 1. The average Bonchev–Trinajstić information content (AvgIpc) is 3.03. The highest BCUT2D eigenvalue weighted by molar-refractivity contribution is 6.32. The van der Waals surface area contributed by atoms with Crippen molar-refractivity contribution in [2.45, 2.75) is 19.8 Å². The van der Waals surface area contributed by atoms with Gasteiger partial charge in [-0.1, -0.05) is 23.7 Å². The van der Waals surface area contributed by atoms with E-state index in [1.165, 1.54) is 0 Å². The third kappa shape index (κ3) is 4.57. The first-order valence-electron chi connectivity index (χ1n) is 9.02. The lowest BCUT2D eigenvalue weighted by Gasteiger charge is -2.10. The number of para-hydroxylation sites is 1. The number of carbonyl (C=O) groups is 2. The lowest BCUT2D eigenvalue weighted by molar-refractivity contribution is -0.137. The molecule has 0 spiro atoms. The van der Waals surface area contributed by atoms with Crippen molar-refractivity contribution in [1.82, 2.24) is 15.1 Å². The Hall–Kier alpha value is -3.32. The van der Waals surface area contributed by atoms with Crippen molar-refractivity contribution in [3.05, 3.63) is 64.8 Å². The molecule has 7 nitrogen and oxygen atoms in total. The maximum Gasteiger partial charge on any atom is 0.303 e.